The van der Waals surface area contributed by atoms with E-state index in [9.17, 15) is 9.59 Å². The lowest BCUT2D eigenvalue weighted by molar-refractivity contribution is -0.143. The highest BCUT2D eigenvalue weighted by Gasteiger charge is 2.22. The summed E-state index contributed by atoms with van der Waals surface area (Å²) in [6.07, 6.45) is 4.55. The molecule has 0 aliphatic heterocycles. The molecule has 0 radical (unpaired) electrons. The molecule has 1 amide bonds. The molecule has 0 bridgehead atoms. The predicted octanol–water partition coefficient (Wildman–Crippen LogP) is 1.25. The molecule has 0 aromatic heterocycles. The first-order valence-corrected chi connectivity index (χ1v) is 5.67. The van der Waals surface area contributed by atoms with Gasteiger partial charge in [-0.25, -0.2) is 0 Å². The minimum Gasteiger partial charge on any atom is -0.466 e. The third-order valence-electron chi connectivity index (χ3n) is 2.66. The van der Waals surface area contributed by atoms with E-state index in [4.69, 9.17) is 4.74 Å². The SMILES string of the molecule is CCOC(=O)CCNC(=O)C1CCCC1. The molecular formula is C11H19NO3. The van der Waals surface area contributed by atoms with Crippen molar-refractivity contribution in [2.75, 3.05) is 13.2 Å². The molecule has 1 aliphatic carbocycles. The van der Waals surface area contributed by atoms with Crippen molar-refractivity contribution in [2.45, 2.75) is 39.0 Å². The van der Waals surface area contributed by atoms with E-state index in [1.54, 1.807) is 6.92 Å². The molecule has 1 fully saturated rings. The molecule has 1 rings (SSSR count). The fraction of sp³-hybridized carbons (Fsp3) is 0.818. The van der Waals surface area contributed by atoms with Gasteiger partial charge in [-0.15, -0.1) is 0 Å². The lowest BCUT2D eigenvalue weighted by Gasteiger charge is -2.09. The molecule has 0 aromatic carbocycles. The number of nitrogens with one attached hydrogen (secondary N) is 1. The fourth-order valence-corrected chi connectivity index (χ4v) is 1.85. The van der Waals surface area contributed by atoms with Gasteiger partial charge in [-0.05, 0) is 19.8 Å². The Hall–Kier alpha value is -1.06. The molecule has 0 atom stereocenters. The third-order valence-corrected chi connectivity index (χ3v) is 2.66. The van der Waals surface area contributed by atoms with Crippen LogP contribution in [0.5, 0.6) is 0 Å². The Morgan fingerprint density at radius 1 is 1.33 bits per heavy atom. The lowest BCUT2D eigenvalue weighted by Crippen LogP contribution is -2.31. The van der Waals surface area contributed by atoms with Crippen molar-refractivity contribution in [3.63, 3.8) is 0 Å². The number of esters is 1. The molecule has 0 unspecified atom stereocenters. The summed E-state index contributed by atoms with van der Waals surface area (Å²) in [4.78, 5) is 22.5. The average molecular weight is 213 g/mol. The molecule has 0 spiro atoms. The van der Waals surface area contributed by atoms with Gasteiger partial charge >= 0.3 is 5.97 Å². The van der Waals surface area contributed by atoms with Crippen LogP contribution in [0.1, 0.15) is 39.0 Å². The lowest BCUT2D eigenvalue weighted by atomic mass is 10.1. The molecule has 4 nitrogen and oxygen atoms in total. The number of carbonyl (C=O) groups is 2. The first-order chi connectivity index (χ1) is 7.24. The van der Waals surface area contributed by atoms with Crippen LogP contribution in [0.3, 0.4) is 0 Å². The number of ether oxygens (including phenoxy) is 1. The second-order valence-electron chi connectivity index (χ2n) is 3.83. The smallest absolute Gasteiger partial charge is 0.307 e. The Morgan fingerprint density at radius 3 is 2.60 bits per heavy atom. The van der Waals surface area contributed by atoms with Gasteiger partial charge in [-0.1, -0.05) is 12.8 Å². The Labute approximate surface area is 90.4 Å². The van der Waals surface area contributed by atoms with E-state index in [1.165, 1.54) is 0 Å². The molecule has 0 aromatic rings. The van der Waals surface area contributed by atoms with Gasteiger partial charge in [0, 0.05) is 12.5 Å². The summed E-state index contributed by atoms with van der Waals surface area (Å²) in [6, 6.07) is 0. The Morgan fingerprint density at radius 2 is 2.00 bits per heavy atom. The molecule has 86 valence electrons. The highest BCUT2D eigenvalue weighted by Crippen LogP contribution is 2.24. The highest BCUT2D eigenvalue weighted by molar-refractivity contribution is 5.79. The minimum atomic E-state index is -0.246. The molecule has 1 saturated carbocycles. The van der Waals surface area contributed by atoms with Gasteiger partial charge in [0.25, 0.3) is 0 Å². The number of hydrogen-bond acceptors (Lipinski definition) is 3. The zero-order valence-electron chi connectivity index (χ0n) is 9.25. The molecular weight excluding hydrogens is 194 g/mol. The van der Waals surface area contributed by atoms with Gasteiger partial charge in [0.15, 0.2) is 0 Å². The summed E-state index contributed by atoms with van der Waals surface area (Å²) in [6.45, 7) is 2.57. The molecule has 4 heteroatoms. The summed E-state index contributed by atoms with van der Waals surface area (Å²) >= 11 is 0. The van der Waals surface area contributed by atoms with Crippen molar-refractivity contribution in [2.24, 2.45) is 5.92 Å². The quantitative estimate of drug-likeness (QED) is 0.699. The van der Waals surface area contributed by atoms with Crippen LogP contribution in [0.2, 0.25) is 0 Å². The van der Waals surface area contributed by atoms with Crippen LogP contribution in [-0.4, -0.2) is 25.0 Å². The Balaban J connectivity index is 2.08. The maximum absolute atomic E-state index is 11.5. The van der Waals surface area contributed by atoms with Crippen molar-refractivity contribution >= 4 is 11.9 Å². The number of rotatable bonds is 5. The molecule has 0 saturated heterocycles. The van der Waals surface area contributed by atoms with Gasteiger partial charge in [-0.3, -0.25) is 9.59 Å². The van der Waals surface area contributed by atoms with E-state index in [-0.39, 0.29) is 24.2 Å². The number of amides is 1. The predicted molar refractivity (Wildman–Crippen MR) is 56.2 cm³/mol. The molecule has 1 aliphatic rings. The largest absolute Gasteiger partial charge is 0.466 e. The van der Waals surface area contributed by atoms with E-state index in [2.05, 4.69) is 5.32 Å². The second kappa shape index (κ2) is 6.43. The first kappa shape index (κ1) is 12.0. The summed E-state index contributed by atoms with van der Waals surface area (Å²) < 4.78 is 4.76. The highest BCUT2D eigenvalue weighted by atomic mass is 16.5. The molecule has 1 N–H and O–H groups in total. The molecule has 0 heterocycles. The Kier molecular flexibility index (Phi) is 5.15. The van der Waals surface area contributed by atoms with Crippen LogP contribution < -0.4 is 5.32 Å². The van der Waals surface area contributed by atoms with Gasteiger partial charge in [0.05, 0.1) is 13.0 Å². The molecule has 15 heavy (non-hydrogen) atoms. The van der Waals surface area contributed by atoms with Crippen molar-refractivity contribution in [1.82, 2.24) is 5.32 Å². The van der Waals surface area contributed by atoms with Gasteiger partial charge in [0.1, 0.15) is 0 Å². The Bertz CT molecular complexity index is 222. The van der Waals surface area contributed by atoms with Gasteiger partial charge in [0.2, 0.25) is 5.91 Å². The normalized spacial score (nSPS) is 16.3. The maximum atomic E-state index is 11.5. The van der Waals surface area contributed by atoms with Crippen LogP contribution in [0.15, 0.2) is 0 Å². The first-order valence-electron chi connectivity index (χ1n) is 5.67. The summed E-state index contributed by atoms with van der Waals surface area (Å²) in [7, 11) is 0. The van der Waals surface area contributed by atoms with Crippen LogP contribution in [0, 0.1) is 5.92 Å². The van der Waals surface area contributed by atoms with E-state index >= 15 is 0 Å². The van der Waals surface area contributed by atoms with Crippen LogP contribution in [0.25, 0.3) is 0 Å². The standard InChI is InChI=1S/C11H19NO3/c1-2-15-10(13)7-8-12-11(14)9-5-3-4-6-9/h9H,2-8H2,1H3,(H,12,14). The monoisotopic (exact) mass is 213 g/mol. The summed E-state index contributed by atoms with van der Waals surface area (Å²) in [5, 5.41) is 2.77. The van der Waals surface area contributed by atoms with Gasteiger partial charge in [-0.2, -0.15) is 0 Å². The maximum Gasteiger partial charge on any atom is 0.307 e. The van der Waals surface area contributed by atoms with Crippen LogP contribution in [-0.2, 0) is 14.3 Å². The summed E-state index contributed by atoms with van der Waals surface area (Å²) in [5.41, 5.74) is 0. The summed E-state index contributed by atoms with van der Waals surface area (Å²) in [5.74, 6) is 0.0215. The second-order valence-corrected chi connectivity index (χ2v) is 3.83. The third kappa shape index (κ3) is 4.32. The van der Waals surface area contributed by atoms with Crippen LogP contribution in [0.4, 0.5) is 0 Å². The van der Waals surface area contributed by atoms with E-state index in [1.807, 2.05) is 0 Å². The fourth-order valence-electron chi connectivity index (χ4n) is 1.85. The van der Waals surface area contributed by atoms with Gasteiger partial charge < -0.3 is 10.1 Å². The topological polar surface area (TPSA) is 55.4 Å². The number of carbonyl (C=O) groups excluding carboxylic acids is 2. The van der Waals surface area contributed by atoms with Crippen LogP contribution >= 0.6 is 0 Å². The van der Waals surface area contributed by atoms with Crippen molar-refractivity contribution < 1.29 is 14.3 Å². The van der Waals surface area contributed by atoms with E-state index in [0.29, 0.717) is 13.2 Å². The zero-order chi connectivity index (χ0) is 11.1. The van der Waals surface area contributed by atoms with Crippen molar-refractivity contribution in [3.8, 4) is 0 Å². The average Bonchev–Trinajstić information content (AvgIpc) is 2.70. The number of hydrogen-bond donors (Lipinski definition) is 1. The van der Waals surface area contributed by atoms with Crippen molar-refractivity contribution in [1.29, 1.82) is 0 Å². The van der Waals surface area contributed by atoms with E-state index in [0.717, 1.165) is 25.7 Å². The van der Waals surface area contributed by atoms with Crippen molar-refractivity contribution in [3.05, 3.63) is 0 Å². The minimum absolute atomic E-state index is 0.0943. The zero-order valence-corrected chi connectivity index (χ0v) is 9.25. The van der Waals surface area contributed by atoms with E-state index < -0.39 is 0 Å².